The molecule has 1 aliphatic heterocycles. The van der Waals surface area contributed by atoms with Crippen molar-refractivity contribution in [2.75, 3.05) is 20.3 Å². The Hall–Kier alpha value is -4.23. The van der Waals surface area contributed by atoms with Crippen LogP contribution >= 0.6 is 11.3 Å². The fraction of sp³-hybridized carbons (Fsp3) is 0.231. The van der Waals surface area contributed by atoms with Crippen LogP contribution in [0.2, 0.25) is 0 Å². The number of fused-ring (bicyclic) bond motifs is 1. The third kappa shape index (κ3) is 4.78. The number of rotatable bonds is 7. The molecule has 0 amide bonds. The van der Waals surface area contributed by atoms with Gasteiger partial charge in [0.2, 0.25) is 0 Å². The summed E-state index contributed by atoms with van der Waals surface area (Å²) in [6.45, 7) is 3.41. The molecule has 0 unspecified atom stereocenters. The molecule has 1 aliphatic rings. The number of thiazole rings is 1. The van der Waals surface area contributed by atoms with Crippen LogP contribution in [0.5, 0.6) is 11.5 Å². The molecule has 2 aromatic carbocycles. The summed E-state index contributed by atoms with van der Waals surface area (Å²) in [5.74, 6) is -0.194. The zero-order valence-electron chi connectivity index (χ0n) is 19.8. The lowest BCUT2D eigenvalue weighted by Crippen LogP contribution is -2.39. The second-order valence-corrected chi connectivity index (χ2v) is 8.72. The highest BCUT2D eigenvalue weighted by atomic mass is 32.1. The van der Waals surface area contributed by atoms with Gasteiger partial charge in [-0.2, -0.15) is 5.26 Å². The summed E-state index contributed by atoms with van der Waals surface area (Å²) < 4.78 is 31.4. The highest BCUT2D eigenvalue weighted by molar-refractivity contribution is 7.07. The molecular formula is C26H22FN3O5S. The molecule has 0 spiro atoms. The molecule has 0 saturated carbocycles. The van der Waals surface area contributed by atoms with Crippen LogP contribution in [-0.2, 0) is 9.53 Å². The van der Waals surface area contributed by atoms with Crippen LogP contribution in [0.3, 0.4) is 0 Å². The molecular weight excluding hydrogens is 485 g/mol. The van der Waals surface area contributed by atoms with Crippen LogP contribution in [-0.4, -0.2) is 30.9 Å². The minimum absolute atomic E-state index is 0.125. The van der Waals surface area contributed by atoms with Gasteiger partial charge in [0.15, 0.2) is 22.9 Å². The van der Waals surface area contributed by atoms with E-state index in [0.717, 1.165) is 0 Å². The second kappa shape index (κ2) is 10.6. The van der Waals surface area contributed by atoms with Crippen LogP contribution in [0.1, 0.15) is 31.0 Å². The second-order valence-electron chi connectivity index (χ2n) is 7.71. The van der Waals surface area contributed by atoms with Gasteiger partial charge in [0.1, 0.15) is 11.9 Å². The molecule has 4 rings (SSSR count). The lowest BCUT2D eigenvalue weighted by molar-refractivity contribution is -0.139. The van der Waals surface area contributed by atoms with Crippen molar-refractivity contribution in [3.8, 4) is 17.6 Å². The predicted molar refractivity (Wildman–Crippen MR) is 131 cm³/mol. The molecule has 0 radical (unpaired) electrons. The normalized spacial score (nSPS) is 15.1. The minimum atomic E-state index is -0.820. The summed E-state index contributed by atoms with van der Waals surface area (Å²) in [6, 6.07) is 11.8. The fourth-order valence-corrected chi connectivity index (χ4v) is 4.95. The molecule has 1 atom stereocenters. The third-order valence-corrected chi connectivity index (χ3v) is 6.46. The Morgan fingerprint density at radius 1 is 1.25 bits per heavy atom. The van der Waals surface area contributed by atoms with Gasteiger partial charge in [-0.05, 0) is 55.3 Å². The number of nitriles is 1. The van der Waals surface area contributed by atoms with E-state index in [0.29, 0.717) is 37.7 Å². The Bertz CT molecular complexity index is 1560. The number of carbonyl (C=O) groups excluding carboxylic acids is 1. The van der Waals surface area contributed by atoms with Crippen molar-refractivity contribution in [1.29, 1.82) is 5.26 Å². The lowest BCUT2D eigenvalue weighted by Gasteiger charge is -2.24. The van der Waals surface area contributed by atoms with E-state index in [4.69, 9.17) is 19.5 Å². The van der Waals surface area contributed by atoms with Gasteiger partial charge in [-0.1, -0.05) is 29.5 Å². The van der Waals surface area contributed by atoms with E-state index in [1.165, 1.54) is 35.1 Å². The summed E-state index contributed by atoms with van der Waals surface area (Å²) >= 11 is 1.17. The number of nitrogens with zero attached hydrogens (tertiary/aromatic N) is 3. The van der Waals surface area contributed by atoms with Crippen LogP contribution in [0.4, 0.5) is 4.39 Å². The van der Waals surface area contributed by atoms with Gasteiger partial charge < -0.3 is 14.2 Å². The van der Waals surface area contributed by atoms with E-state index >= 15 is 0 Å². The van der Waals surface area contributed by atoms with Gasteiger partial charge >= 0.3 is 5.97 Å². The molecule has 8 nitrogen and oxygen atoms in total. The highest BCUT2D eigenvalue weighted by Crippen LogP contribution is 2.31. The first-order valence-electron chi connectivity index (χ1n) is 11.0. The molecule has 0 bridgehead atoms. The number of ether oxygens (including phenoxy) is 3. The highest BCUT2D eigenvalue weighted by Gasteiger charge is 2.33. The summed E-state index contributed by atoms with van der Waals surface area (Å²) in [5, 5.41) is 8.75. The number of methoxy groups -OCH3 is 1. The van der Waals surface area contributed by atoms with Crippen molar-refractivity contribution in [3.63, 3.8) is 0 Å². The molecule has 36 heavy (non-hydrogen) atoms. The van der Waals surface area contributed by atoms with Gasteiger partial charge in [-0.3, -0.25) is 9.36 Å². The first kappa shape index (κ1) is 24.9. The number of esters is 1. The van der Waals surface area contributed by atoms with E-state index in [1.54, 1.807) is 50.3 Å². The van der Waals surface area contributed by atoms with Crippen molar-refractivity contribution >= 4 is 23.4 Å². The van der Waals surface area contributed by atoms with E-state index in [2.05, 4.69) is 4.99 Å². The molecule has 10 heteroatoms. The number of hydrogen-bond acceptors (Lipinski definition) is 8. The molecule has 3 aromatic rings. The molecule has 0 saturated heterocycles. The van der Waals surface area contributed by atoms with Gasteiger partial charge in [0, 0.05) is 0 Å². The maximum atomic E-state index is 13.7. The average Bonchev–Trinajstić information content (AvgIpc) is 3.17. The van der Waals surface area contributed by atoms with Crippen molar-refractivity contribution in [3.05, 3.63) is 90.4 Å². The number of benzene rings is 2. The van der Waals surface area contributed by atoms with E-state index < -0.39 is 17.8 Å². The van der Waals surface area contributed by atoms with E-state index in [9.17, 15) is 14.0 Å². The zero-order chi connectivity index (χ0) is 25.8. The number of allylic oxidation sites excluding steroid dienone is 1. The van der Waals surface area contributed by atoms with Crippen molar-refractivity contribution < 1.29 is 23.4 Å². The number of aromatic nitrogens is 1. The van der Waals surface area contributed by atoms with E-state index in [-0.39, 0.29) is 24.3 Å². The molecule has 2 heterocycles. The Morgan fingerprint density at radius 2 is 2.00 bits per heavy atom. The average molecular weight is 508 g/mol. The first-order valence-corrected chi connectivity index (χ1v) is 11.8. The van der Waals surface area contributed by atoms with Gasteiger partial charge in [-0.15, -0.1) is 0 Å². The van der Waals surface area contributed by atoms with Crippen LogP contribution in [0.25, 0.3) is 6.08 Å². The molecule has 1 aromatic heterocycles. The van der Waals surface area contributed by atoms with E-state index in [1.807, 2.05) is 6.07 Å². The first-order chi connectivity index (χ1) is 17.4. The van der Waals surface area contributed by atoms with Gasteiger partial charge in [-0.25, -0.2) is 14.2 Å². The van der Waals surface area contributed by atoms with Crippen LogP contribution in [0.15, 0.2) is 63.5 Å². The maximum absolute atomic E-state index is 13.7. The lowest BCUT2D eigenvalue weighted by atomic mass is 9.96. The number of carbonyl (C=O) groups is 1. The predicted octanol–water partition coefficient (Wildman–Crippen LogP) is 2.85. The Labute approximate surface area is 209 Å². The van der Waals surface area contributed by atoms with Crippen molar-refractivity contribution in [2.24, 2.45) is 4.99 Å². The summed E-state index contributed by atoms with van der Waals surface area (Å²) in [4.78, 5) is 31.4. The van der Waals surface area contributed by atoms with Gasteiger partial charge in [0.05, 0.1) is 35.6 Å². The summed E-state index contributed by atoms with van der Waals surface area (Å²) in [5.41, 5.74) is 1.52. The van der Waals surface area contributed by atoms with Crippen LogP contribution in [0, 0.1) is 17.1 Å². The Balaban J connectivity index is 1.87. The van der Waals surface area contributed by atoms with Gasteiger partial charge in [0.25, 0.3) is 5.56 Å². The molecule has 0 fully saturated rings. The smallest absolute Gasteiger partial charge is 0.338 e. The van der Waals surface area contributed by atoms with Crippen molar-refractivity contribution in [2.45, 2.75) is 19.9 Å². The number of hydrogen-bond donors (Lipinski definition) is 0. The summed E-state index contributed by atoms with van der Waals surface area (Å²) in [7, 11) is 1.48. The van der Waals surface area contributed by atoms with Crippen LogP contribution < -0.4 is 24.4 Å². The minimum Gasteiger partial charge on any atom is -0.493 e. The standard InChI is InChI=1S/C26H22FN3O5S/c1-4-34-25(32)22-15(2)29-26-30(23(22)17-6-8-18(27)9-7-17)24(31)21(36-26)14-16-5-10-19(35-12-11-28)20(13-16)33-3/h5-10,13-14,23H,4,12H2,1-3H3/b21-14-/t23-/m1/s1. The largest absolute Gasteiger partial charge is 0.493 e. The molecule has 0 N–H and O–H groups in total. The topological polar surface area (TPSA) is 103 Å². The van der Waals surface area contributed by atoms with Crippen molar-refractivity contribution in [1.82, 2.24) is 4.57 Å². The monoisotopic (exact) mass is 507 g/mol. The molecule has 184 valence electrons. The fourth-order valence-electron chi connectivity index (χ4n) is 3.91. The Morgan fingerprint density at radius 3 is 2.67 bits per heavy atom. The third-order valence-electron chi connectivity index (χ3n) is 5.48. The Kier molecular flexibility index (Phi) is 7.31. The zero-order valence-corrected chi connectivity index (χ0v) is 20.6. The SMILES string of the molecule is CCOC(=O)C1=C(C)N=c2s/c(=C\c3ccc(OCC#N)c(OC)c3)c(=O)n2[C@@H]1c1ccc(F)cc1. The summed E-state index contributed by atoms with van der Waals surface area (Å²) in [6.07, 6.45) is 1.69. The quantitative estimate of drug-likeness (QED) is 0.456. The molecule has 0 aliphatic carbocycles. The number of halogens is 1. The maximum Gasteiger partial charge on any atom is 0.338 e.